The van der Waals surface area contributed by atoms with E-state index < -0.39 is 23.3 Å². The lowest BCUT2D eigenvalue weighted by Crippen LogP contribution is -2.17. The third kappa shape index (κ3) is 5.70. The van der Waals surface area contributed by atoms with Crippen LogP contribution in [0.4, 0.5) is 17.6 Å². The molecule has 2 aromatic carbocycles. The van der Waals surface area contributed by atoms with Crippen LogP contribution < -0.4 is 4.74 Å². The van der Waals surface area contributed by atoms with Crippen LogP contribution in [0.3, 0.4) is 0 Å². The van der Waals surface area contributed by atoms with E-state index in [2.05, 4.69) is 6.92 Å². The summed E-state index contributed by atoms with van der Waals surface area (Å²) in [6, 6.07) is 6.61. The molecular formula is C30H38F4O. The van der Waals surface area contributed by atoms with Gasteiger partial charge in [-0.05, 0) is 97.8 Å². The number of halogens is 4. The van der Waals surface area contributed by atoms with Crippen LogP contribution >= 0.6 is 0 Å². The molecule has 0 unspecified atom stereocenters. The van der Waals surface area contributed by atoms with Gasteiger partial charge in [0.1, 0.15) is 0 Å². The second-order valence-corrected chi connectivity index (χ2v) is 10.6. The van der Waals surface area contributed by atoms with Crippen molar-refractivity contribution in [3.8, 4) is 5.75 Å². The molecule has 4 rings (SSSR count). The summed E-state index contributed by atoms with van der Waals surface area (Å²) in [6.07, 6.45) is 11.6. The zero-order valence-corrected chi connectivity index (χ0v) is 21.0. The zero-order valence-electron chi connectivity index (χ0n) is 21.0. The minimum Gasteiger partial charge on any atom is -0.494 e. The molecule has 0 aliphatic heterocycles. The predicted molar refractivity (Wildman–Crippen MR) is 132 cm³/mol. The molecule has 0 spiro atoms. The predicted octanol–water partition coefficient (Wildman–Crippen LogP) is 9.55. The van der Waals surface area contributed by atoms with Crippen molar-refractivity contribution in [3.05, 3.63) is 64.2 Å². The van der Waals surface area contributed by atoms with Crippen LogP contribution in [0.2, 0.25) is 0 Å². The summed E-state index contributed by atoms with van der Waals surface area (Å²) >= 11 is 0. The molecule has 0 saturated heterocycles. The molecule has 5 heteroatoms. The van der Waals surface area contributed by atoms with Gasteiger partial charge in [0, 0.05) is 0 Å². The molecule has 0 amide bonds. The summed E-state index contributed by atoms with van der Waals surface area (Å²) < 4.78 is 63.9. The lowest BCUT2D eigenvalue weighted by atomic mass is 9.74. The van der Waals surface area contributed by atoms with Crippen LogP contribution in [0.5, 0.6) is 5.75 Å². The van der Waals surface area contributed by atoms with Crippen LogP contribution in [0.15, 0.2) is 24.3 Å². The van der Waals surface area contributed by atoms with Gasteiger partial charge in [-0.1, -0.05) is 50.8 Å². The topological polar surface area (TPSA) is 9.23 Å². The third-order valence-electron chi connectivity index (χ3n) is 8.55. The van der Waals surface area contributed by atoms with E-state index in [0.29, 0.717) is 42.4 Å². The van der Waals surface area contributed by atoms with Crippen LogP contribution in [0.25, 0.3) is 0 Å². The molecule has 0 bridgehead atoms. The number of methoxy groups -OCH3 is 1. The fraction of sp³-hybridized carbons (Fsp3) is 0.600. The third-order valence-corrected chi connectivity index (χ3v) is 8.55. The van der Waals surface area contributed by atoms with Gasteiger partial charge in [0.25, 0.3) is 0 Å². The van der Waals surface area contributed by atoms with Crippen LogP contribution in [-0.2, 0) is 0 Å². The van der Waals surface area contributed by atoms with Crippen LogP contribution in [0, 0.1) is 29.2 Å². The lowest BCUT2D eigenvalue weighted by Gasteiger charge is -2.31. The first-order valence-corrected chi connectivity index (χ1v) is 13.4. The number of rotatable bonds is 8. The molecule has 0 radical (unpaired) electrons. The monoisotopic (exact) mass is 490 g/mol. The minimum atomic E-state index is -0.967. The molecular weight excluding hydrogens is 452 g/mol. The van der Waals surface area contributed by atoms with Crippen molar-refractivity contribution in [2.75, 3.05) is 7.11 Å². The Morgan fingerprint density at radius 3 is 1.51 bits per heavy atom. The fourth-order valence-electron chi connectivity index (χ4n) is 6.39. The molecule has 0 aromatic heterocycles. The van der Waals surface area contributed by atoms with E-state index in [1.807, 2.05) is 0 Å². The van der Waals surface area contributed by atoms with Gasteiger partial charge in [-0.2, -0.15) is 4.39 Å². The summed E-state index contributed by atoms with van der Waals surface area (Å²) in [5, 5.41) is 0. The summed E-state index contributed by atoms with van der Waals surface area (Å²) in [7, 11) is 1.31. The van der Waals surface area contributed by atoms with E-state index in [-0.39, 0.29) is 23.5 Å². The van der Waals surface area contributed by atoms with Crippen LogP contribution in [-0.4, -0.2) is 7.11 Å². The van der Waals surface area contributed by atoms with Gasteiger partial charge in [-0.3, -0.25) is 0 Å². The van der Waals surface area contributed by atoms with Crippen molar-refractivity contribution in [2.24, 2.45) is 5.92 Å². The Bertz CT molecular complexity index is 988. The Hall–Kier alpha value is -2.04. The highest BCUT2D eigenvalue weighted by molar-refractivity contribution is 5.35. The van der Waals surface area contributed by atoms with Gasteiger partial charge >= 0.3 is 0 Å². The fourth-order valence-corrected chi connectivity index (χ4v) is 6.39. The molecule has 2 saturated carbocycles. The minimum absolute atomic E-state index is 0.102. The Labute approximate surface area is 207 Å². The second kappa shape index (κ2) is 11.8. The summed E-state index contributed by atoms with van der Waals surface area (Å²) in [4.78, 5) is 0. The average molecular weight is 491 g/mol. The highest BCUT2D eigenvalue weighted by atomic mass is 19.2. The Morgan fingerprint density at radius 1 is 0.629 bits per heavy atom. The number of benzene rings is 2. The largest absolute Gasteiger partial charge is 0.494 e. The van der Waals surface area contributed by atoms with Gasteiger partial charge in [0.05, 0.1) is 7.11 Å². The Balaban J connectivity index is 1.38. The molecule has 2 aliphatic carbocycles. The molecule has 0 atom stereocenters. The first-order chi connectivity index (χ1) is 16.9. The Kier molecular flexibility index (Phi) is 8.77. The summed E-state index contributed by atoms with van der Waals surface area (Å²) in [5.41, 5.74) is 1.30. The van der Waals surface area contributed by atoms with E-state index in [4.69, 9.17) is 4.74 Å². The zero-order chi connectivity index (χ0) is 24.9. The summed E-state index contributed by atoms with van der Waals surface area (Å²) in [6.45, 7) is 2.21. The molecule has 0 N–H and O–H groups in total. The second-order valence-electron chi connectivity index (χ2n) is 10.6. The standard InChI is InChI=1S/C30H38F4O/c1-3-4-5-6-19-7-9-20(10-8-19)23-15-16-24(28(32)27(23)31)21-11-13-22(14-12-21)25-17-18-26(35-2)30(34)29(25)33/h15-22H,3-14H2,1-2H3. The van der Waals surface area contributed by atoms with E-state index in [9.17, 15) is 8.78 Å². The number of hydrogen-bond donors (Lipinski definition) is 0. The maximum Gasteiger partial charge on any atom is 0.200 e. The van der Waals surface area contributed by atoms with E-state index in [1.165, 1.54) is 38.9 Å². The van der Waals surface area contributed by atoms with Gasteiger partial charge in [0.15, 0.2) is 23.2 Å². The van der Waals surface area contributed by atoms with E-state index >= 15 is 8.78 Å². The maximum absolute atomic E-state index is 15.2. The molecule has 1 nitrogen and oxygen atoms in total. The smallest absolute Gasteiger partial charge is 0.200 e. The van der Waals surface area contributed by atoms with E-state index in [1.54, 1.807) is 18.2 Å². The first-order valence-electron chi connectivity index (χ1n) is 13.4. The first kappa shape index (κ1) is 26.0. The number of ether oxygens (including phenoxy) is 1. The van der Waals surface area contributed by atoms with Crippen LogP contribution in [0.1, 0.15) is 118 Å². The van der Waals surface area contributed by atoms with Crippen molar-refractivity contribution in [1.29, 1.82) is 0 Å². The molecule has 2 aliphatic rings. The van der Waals surface area contributed by atoms with Crippen molar-refractivity contribution in [2.45, 2.75) is 102 Å². The number of hydrogen-bond acceptors (Lipinski definition) is 1. The highest BCUT2D eigenvalue weighted by Gasteiger charge is 2.31. The quantitative estimate of drug-likeness (QED) is 0.264. The van der Waals surface area contributed by atoms with Crippen molar-refractivity contribution in [1.82, 2.24) is 0 Å². The molecule has 192 valence electrons. The summed E-state index contributed by atoms with van der Waals surface area (Å²) in [5.74, 6) is -2.74. The van der Waals surface area contributed by atoms with Crippen molar-refractivity contribution >= 4 is 0 Å². The van der Waals surface area contributed by atoms with Crippen molar-refractivity contribution < 1.29 is 22.3 Å². The normalized spacial score (nSPS) is 25.0. The molecule has 0 heterocycles. The SMILES string of the molecule is CCCCCC1CCC(c2ccc(C3CCC(c4ccc(OC)c(F)c4F)CC3)c(F)c2F)CC1. The molecule has 2 fully saturated rings. The Morgan fingerprint density at radius 2 is 1.06 bits per heavy atom. The van der Waals surface area contributed by atoms with Gasteiger partial charge in [-0.15, -0.1) is 0 Å². The van der Waals surface area contributed by atoms with Gasteiger partial charge in [-0.25, -0.2) is 13.2 Å². The molecule has 2 aromatic rings. The van der Waals surface area contributed by atoms with Gasteiger partial charge < -0.3 is 4.74 Å². The highest BCUT2D eigenvalue weighted by Crippen LogP contribution is 2.44. The van der Waals surface area contributed by atoms with Crippen molar-refractivity contribution in [3.63, 3.8) is 0 Å². The average Bonchev–Trinajstić information content (AvgIpc) is 2.88. The molecule has 35 heavy (non-hydrogen) atoms. The van der Waals surface area contributed by atoms with Gasteiger partial charge in [0.2, 0.25) is 5.82 Å². The lowest BCUT2D eigenvalue weighted by molar-refractivity contribution is 0.297. The maximum atomic E-state index is 15.2. The number of unbranched alkanes of at least 4 members (excludes halogenated alkanes) is 2. The van der Waals surface area contributed by atoms with E-state index in [0.717, 1.165) is 31.6 Å².